The number of aryl methyl sites for hydroxylation is 1. The van der Waals surface area contributed by atoms with E-state index >= 15 is 0 Å². The fourth-order valence-corrected chi connectivity index (χ4v) is 4.40. The smallest absolute Gasteiger partial charge is 0.407 e. The van der Waals surface area contributed by atoms with E-state index in [-0.39, 0.29) is 18.0 Å². The number of carbonyl (C=O) groups excluding carboxylic acids is 2. The molecule has 1 aromatic heterocycles. The maximum Gasteiger partial charge on any atom is 0.407 e. The summed E-state index contributed by atoms with van der Waals surface area (Å²) in [7, 11) is 0. The van der Waals surface area contributed by atoms with Crippen LogP contribution >= 0.6 is 0 Å². The molecule has 4 rings (SSSR count). The average Bonchev–Trinajstić information content (AvgIpc) is 3.09. The third kappa shape index (κ3) is 5.74. The predicted molar refractivity (Wildman–Crippen MR) is 129 cm³/mol. The highest BCUT2D eigenvalue weighted by Crippen LogP contribution is 2.30. The molecule has 0 bridgehead atoms. The number of ether oxygens (including phenoxy) is 1. The van der Waals surface area contributed by atoms with Gasteiger partial charge in [-0.2, -0.15) is 0 Å². The van der Waals surface area contributed by atoms with E-state index in [0.29, 0.717) is 23.7 Å². The lowest BCUT2D eigenvalue weighted by Crippen LogP contribution is -2.49. The number of hydrogen-bond acceptors (Lipinski definition) is 6. The molecule has 0 spiro atoms. The molecule has 2 unspecified atom stereocenters. The third-order valence-corrected chi connectivity index (χ3v) is 5.85. The van der Waals surface area contributed by atoms with Crippen molar-refractivity contribution in [2.24, 2.45) is 0 Å². The van der Waals surface area contributed by atoms with Crippen molar-refractivity contribution in [2.75, 3.05) is 10.6 Å². The van der Waals surface area contributed by atoms with Gasteiger partial charge in [0.05, 0.1) is 11.6 Å². The van der Waals surface area contributed by atoms with Gasteiger partial charge < -0.3 is 26.0 Å². The van der Waals surface area contributed by atoms with E-state index in [9.17, 15) is 9.59 Å². The number of benzene rings is 1. The second-order valence-electron chi connectivity index (χ2n) is 9.86. The van der Waals surface area contributed by atoms with Crippen molar-refractivity contribution in [3.05, 3.63) is 47.0 Å². The van der Waals surface area contributed by atoms with Crippen molar-refractivity contribution in [3.63, 3.8) is 0 Å². The number of aromatic nitrogens is 1. The van der Waals surface area contributed by atoms with Gasteiger partial charge in [-0.3, -0.25) is 4.79 Å². The molecule has 176 valence electrons. The zero-order valence-electron chi connectivity index (χ0n) is 19.7. The fourth-order valence-electron chi connectivity index (χ4n) is 4.40. The van der Waals surface area contributed by atoms with Crippen molar-refractivity contribution < 1.29 is 14.3 Å². The summed E-state index contributed by atoms with van der Waals surface area (Å²) in [5.74, 6) is 1.09. The van der Waals surface area contributed by atoms with Gasteiger partial charge in [-0.1, -0.05) is 25.0 Å². The number of anilines is 3. The van der Waals surface area contributed by atoms with Gasteiger partial charge in [0.25, 0.3) is 5.91 Å². The van der Waals surface area contributed by atoms with E-state index in [1.165, 1.54) is 0 Å². The normalized spacial score (nSPS) is 19.9. The summed E-state index contributed by atoms with van der Waals surface area (Å²) in [5, 5.41) is 12.8. The number of alkyl carbamates (subject to hydrolysis) is 1. The molecule has 8 nitrogen and oxygen atoms in total. The molecule has 2 atom stereocenters. The monoisotopic (exact) mass is 451 g/mol. The van der Waals surface area contributed by atoms with E-state index in [4.69, 9.17) is 9.72 Å². The van der Waals surface area contributed by atoms with Crippen LogP contribution in [0.4, 0.5) is 22.1 Å². The van der Waals surface area contributed by atoms with Crippen LogP contribution in [0, 0.1) is 6.92 Å². The molecular formula is C25H33N5O3. The van der Waals surface area contributed by atoms with E-state index in [1.807, 2.05) is 58.0 Å². The Morgan fingerprint density at radius 2 is 1.91 bits per heavy atom. The van der Waals surface area contributed by atoms with E-state index in [1.54, 1.807) is 0 Å². The van der Waals surface area contributed by atoms with Crippen LogP contribution in [0.5, 0.6) is 0 Å². The minimum absolute atomic E-state index is 0.0219. The number of nitrogens with one attached hydrogen (secondary N) is 4. The SMILES string of the molecule is Cc1cccc(Nc2nc(NC3CCCCC3NC(=O)OC(C)(C)C)cc3c2C(=O)NC3)c1. The Morgan fingerprint density at radius 1 is 1.15 bits per heavy atom. The van der Waals surface area contributed by atoms with Gasteiger partial charge in [0.2, 0.25) is 0 Å². The molecule has 1 aromatic carbocycles. The van der Waals surface area contributed by atoms with Gasteiger partial charge in [0.15, 0.2) is 0 Å². The first-order valence-electron chi connectivity index (χ1n) is 11.6. The minimum atomic E-state index is -0.543. The molecule has 2 amide bonds. The highest BCUT2D eigenvalue weighted by atomic mass is 16.6. The Bertz CT molecular complexity index is 1050. The van der Waals surface area contributed by atoms with Gasteiger partial charge in [0.1, 0.15) is 17.2 Å². The lowest BCUT2D eigenvalue weighted by Gasteiger charge is -2.34. The van der Waals surface area contributed by atoms with Crippen LogP contribution in [-0.2, 0) is 11.3 Å². The minimum Gasteiger partial charge on any atom is -0.444 e. The van der Waals surface area contributed by atoms with Gasteiger partial charge in [-0.05, 0) is 69.9 Å². The number of hydrogen-bond donors (Lipinski definition) is 4. The summed E-state index contributed by atoms with van der Waals surface area (Å²) >= 11 is 0. The molecule has 1 aliphatic carbocycles. The van der Waals surface area contributed by atoms with Gasteiger partial charge in [-0.15, -0.1) is 0 Å². The molecule has 33 heavy (non-hydrogen) atoms. The Labute approximate surface area is 194 Å². The molecular weight excluding hydrogens is 418 g/mol. The molecule has 1 fully saturated rings. The standard InChI is InChI=1S/C25H33N5O3/c1-15-8-7-9-17(12-15)27-22-21-16(14-26-23(21)31)13-20(30-22)28-18-10-5-6-11-19(18)29-24(32)33-25(2,3)4/h7-9,12-13,18-19H,5-6,10-11,14H2,1-4H3,(H,26,31)(H,29,32)(H2,27,28,30). The summed E-state index contributed by atoms with van der Waals surface area (Å²) in [5.41, 5.74) is 2.94. The predicted octanol–water partition coefficient (Wildman–Crippen LogP) is 4.62. The molecule has 8 heteroatoms. The molecule has 1 aliphatic heterocycles. The first-order valence-corrected chi connectivity index (χ1v) is 11.6. The van der Waals surface area contributed by atoms with Crippen molar-refractivity contribution in [1.82, 2.24) is 15.6 Å². The number of amides is 2. The molecule has 2 aromatic rings. The Hall–Kier alpha value is -3.29. The van der Waals surface area contributed by atoms with E-state index < -0.39 is 11.7 Å². The molecule has 0 radical (unpaired) electrons. The van der Waals surface area contributed by atoms with Crippen LogP contribution in [0.25, 0.3) is 0 Å². The second kappa shape index (κ2) is 9.29. The fraction of sp³-hybridized carbons (Fsp3) is 0.480. The van der Waals surface area contributed by atoms with Crippen LogP contribution in [0.3, 0.4) is 0 Å². The number of rotatable bonds is 5. The zero-order valence-corrected chi connectivity index (χ0v) is 19.7. The van der Waals surface area contributed by atoms with Crippen molar-refractivity contribution in [2.45, 2.75) is 77.6 Å². The maximum atomic E-state index is 12.5. The topological polar surface area (TPSA) is 104 Å². The van der Waals surface area contributed by atoms with Crippen LogP contribution in [0.15, 0.2) is 30.3 Å². The number of fused-ring (bicyclic) bond motifs is 1. The van der Waals surface area contributed by atoms with Crippen LogP contribution in [-0.4, -0.2) is 34.7 Å². The third-order valence-electron chi connectivity index (χ3n) is 5.85. The molecule has 1 saturated carbocycles. The summed E-state index contributed by atoms with van der Waals surface area (Å²) in [6.07, 6.45) is 3.51. The lowest BCUT2D eigenvalue weighted by molar-refractivity contribution is 0.0488. The number of nitrogens with zero attached hydrogens (tertiary/aromatic N) is 1. The first kappa shape index (κ1) is 22.9. The Morgan fingerprint density at radius 3 is 2.64 bits per heavy atom. The van der Waals surface area contributed by atoms with Crippen LogP contribution in [0.1, 0.15) is 67.9 Å². The van der Waals surface area contributed by atoms with Crippen molar-refractivity contribution in [3.8, 4) is 0 Å². The highest BCUT2D eigenvalue weighted by Gasteiger charge is 2.30. The molecule has 2 aliphatic rings. The molecule has 4 N–H and O–H groups in total. The van der Waals surface area contributed by atoms with E-state index in [0.717, 1.165) is 42.5 Å². The average molecular weight is 452 g/mol. The number of carbonyl (C=O) groups is 2. The van der Waals surface area contributed by atoms with Crippen molar-refractivity contribution in [1.29, 1.82) is 0 Å². The second-order valence-corrected chi connectivity index (χ2v) is 9.86. The Kier molecular flexibility index (Phi) is 6.44. The molecule has 2 heterocycles. The van der Waals surface area contributed by atoms with Gasteiger partial charge in [-0.25, -0.2) is 9.78 Å². The zero-order chi connectivity index (χ0) is 23.6. The quantitative estimate of drug-likeness (QED) is 0.529. The summed E-state index contributed by atoms with van der Waals surface area (Å²) in [4.78, 5) is 29.6. The molecule has 0 saturated heterocycles. The highest BCUT2D eigenvalue weighted by molar-refractivity contribution is 6.03. The maximum absolute atomic E-state index is 12.5. The van der Waals surface area contributed by atoms with Gasteiger partial charge in [0, 0.05) is 18.3 Å². The van der Waals surface area contributed by atoms with Crippen LogP contribution < -0.4 is 21.3 Å². The largest absolute Gasteiger partial charge is 0.444 e. The van der Waals surface area contributed by atoms with E-state index in [2.05, 4.69) is 21.3 Å². The van der Waals surface area contributed by atoms with Gasteiger partial charge >= 0.3 is 6.09 Å². The van der Waals surface area contributed by atoms with Crippen molar-refractivity contribution >= 4 is 29.3 Å². The Balaban J connectivity index is 1.55. The summed E-state index contributed by atoms with van der Waals surface area (Å²) in [6, 6.07) is 9.85. The van der Waals surface area contributed by atoms with Crippen LogP contribution in [0.2, 0.25) is 0 Å². The number of pyridine rings is 1. The lowest BCUT2D eigenvalue weighted by atomic mass is 9.90. The summed E-state index contributed by atoms with van der Waals surface area (Å²) in [6.45, 7) is 8.06. The summed E-state index contributed by atoms with van der Waals surface area (Å²) < 4.78 is 5.46. The first-order chi connectivity index (χ1) is 15.7.